The third-order valence-corrected chi connectivity index (χ3v) is 10.7. The second kappa shape index (κ2) is 16.9. The van der Waals surface area contributed by atoms with E-state index in [-0.39, 0.29) is 11.6 Å². The van der Waals surface area contributed by atoms with Crippen LogP contribution < -0.4 is 16.0 Å². The second-order valence-electron chi connectivity index (χ2n) is 11.7. The molecule has 1 atom stereocenters. The summed E-state index contributed by atoms with van der Waals surface area (Å²) < 4.78 is 0. The number of halogens is 2. The van der Waals surface area contributed by atoms with Crippen molar-refractivity contribution in [3.05, 3.63) is 170 Å². The third kappa shape index (κ3) is 9.18. The van der Waals surface area contributed by atoms with Crippen molar-refractivity contribution in [2.45, 2.75) is 24.0 Å². The molecule has 11 heteroatoms. The Morgan fingerprint density at radius 3 is 2.04 bits per heavy atom. The molecule has 6 rings (SSSR count). The number of benzene rings is 5. The van der Waals surface area contributed by atoms with Crippen LogP contribution in [0.5, 0.6) is 0 Å². The fourth-order valence-corrected chi connectivity index (χ4v) is 7.56. The van der Waals surface area contributed by atoms with E-state index >= 15 is 0 Å². The Labute approximate surface area is 320 Å². The number of hydrogen-bond donors (Lipinski definition) is 3. The molecule has 0 fully saturated rings. The molecule has 1 unspecified atom stereocenters. The summed E-state index contributed by atoms with van der Waals surface area (Å²) in [7, 11) is 0. The first-order valence-corrected chi connectivity index (χ1v) is 18.6. The highest BCUT2D eigenvalue weighted by Crippen LogP contribution is 2.38. The van der Waals surface area contributed by atoms with Crippen molar-refractivity contribution in [3.63, 3.8) is 0 Å². The maximum absolute atomic E-state index is 13.8. The summed E-state index contributed by atoms with van der Waals surface area (Å²) in [6.45, 7) is 4.03. The predicted molar refractivity (Wildman–Crippen MR) is 214 cm³/mol. The Kier molecular flexibility index (Phi) is 11.9. The molecular formula is C41H32Cl2N4O3S2. The molecule has 3 amide bonds. The Morgan fingerprint density at radius 1 is 0.750 bits per heavy atom. The Hall–Kier alpha value is -5.19. The van der Waals surface area contributed by atoms with Gasteiger partial charge in [0.2, 0.25) is 5.91 Å². The maximum atomic E-state index is 13.8. The fourth-order valence-electron chi connectivity index (χ4n) is 5.19. The first kappa shape index (κ1) is 36.6. The average molecular weight is 764 g/mol. The van der Waals surface area contributed by atoms with Crippen molar-refractivity contribution in [2.24, 2.45) is 0 Å². The van der Waals surface area contributed by atoms with Crippen molar-refractivity contribution in [1.82, 2.24) is 10.3 Å². The molecule has 5 aromatic carbocycles. The lowest BCUT2D eigenvalue weighted by atomic mass is 10.1. The molecule has 0 radical (unpaired) electrons. The molecule has 0 saturated carbocycles. The standard InChI is InChI=1S/C41H32Cl2N4O3S2/c1-25-16-18-27(19-17-25)36-26(2)51-41(46-36)47-40(50)37(28-10-5-3-6-11-28)52-31-22-20-30(21-23-31)44-39(49)35(24-32-33(42)14-9-15-34(32)43)45-38(48)29-12-7-4-8-13-29/h3-24,37H,1-2H3,(H,44,49)(H,45,48)(H,46,47,50)/b35-24-. The van der Waals surface area contributed by atoms with Gasteiger partial charge in [-0.15, -0.1) is 23.1 Å². The topological polar surface area (TPSA) is 100 Å². The van der Waals surface area contributed by atoms with E-state index in [1.807, 2.05) is 80.6 Å². The van der Waals surface area contributed by atoms with Gasteiger partial charge in [0.25, 0.3) is 11.8 Å². The summed E-state index contributed by atoms with van der Waals surface area (Å²) in [5.41, 5.74) is 5.02. The Bertz CT molecular complexity index is 2220. The maximum Gasteiger partial charge on any atom is 0.272 e. The molecule has 1 heterocycles. The number of nitrogens with zero attached hydrogens (tertiary/aromatic N) is 1. The highest BCUT2D eigenvalue weighted by atomic mass is 35.5. The molecule has 0 aliphatic carbocycles. The van der Waals surface area contributed by atoms with Crippen LogP contribution in [0.25, 0.3) is 17.3 Å². The van der Waals surface area contributed by atoms with E-state index in [4.69, 9.17) is 28.2 Å². The zero-order valence-electron chi connectivity index (χ0n) is 28.0. The van der Waals surface area contributed by atoms with Crippen molar-refractivity contribution >= 4 is 80.9 Å². The smallest absolute Gasteiger partial charge is 0.272 e. The largest absolute Gasteiger partial charge is 0.321 e. The number of hydrogen-bond acceptors (Lipinski definition) is 6. The normalized spacial score (nSPS) is 11.8. The van der Waals surface area contributed by atoms with Crippen LogP contribution in [-0.2, 0) is 9.59 Å². The zero-order chi connectivity index (χ0) is 36.6. The summed E-state index contributed by atoms with van der Waals surface area (Å²) in [5.74, 6) is -1.26. The van der Waals surface area contributed by atoms with Crippen LogP contribution in [0.1, 0.15) is 37.2 Å². The minimum absolute atomic E-state index is 0.0499. The number of carbonyl (C=O) groups is 3. The minimum Gasteiger partial charge on any atom is -0.321 e. The molecule has 1 aromatic heterocycles. The van der Waals surface area contributed by atoms with Crippen molar-refractivity contribution in [3.8, 4) is 11.3 Å². The van der Waals surface area contributed by atoms with Crippen LogP contribution in [0.4, 0.5) is 10.8 Å². The summed E-state index contributed by atoms with van der Waals surface area (Å²) in [4.78, 5) is 47.0. The lowest BCUT2D eigenvalue weighted by Gasteiger charge is -2.17. The third-order valence-electron chi connectivity index (χ3n) is 7.88. The van der Waals surface area contributed by atoms with Crippen LogP contribution in [0, 0.1) is 13.8 Å². The average Bonchev–Trinajstić information content (AvgIpc) is 3.52. The van der Waals surface area contributed by atoms with E-state index in [1.54, 1.807) is 60.7 Å². The monoisotopic (exact) mass is 762 g/mol. The quantitative estimate of drug-likeness (QED) is 0.0901. The van der Waals surface area contributed by atoms with E-state index in [1.165, 1.54) is 29.2 Å². The Morgan fingerprint density at radius 2 is 1.38 bits per heavy atom. The fraction of sp³-hybridized carbons (Fsp3) is 0.0732. The SMILES string of the molecule is Cc1ccc(-c2nc(NC(=O)C(Sc3ccc(NC(=O)/C(=C/c4c(Cl)cccc4Cl)NC(=O)c4ccccc4)cc3)c3ccccc3)sc2C)cc1. The molecule has 0 aliphatic heterocycles. The van der Waals surface area contributed by atoms with Crippen LogP contribution in [0.3, 0.4) is 0 Å². The van der Waals surface area contributed by atoms with Gasteiger partial charge in [0, 0.05) is 42.2 Å². The number of aromatic nitrogens is 1. The van der Waals surface area contributed by atoms with E-state index in [0.717, 1.165) is 32.2 Å². The van der Waals surface area contributed by atoms with Gasteiger partial charge in [-0.1, -0.05) is 108 Å². The van der Waals surface area contributed by atoms with Gasteiger partial charge in [-0.2, -0.15) is 0 Å². The molecule has 3 N–H and O–H groups in total. The summed E-state index contributed by atoms with van der Waals surface area (Å²) >= 11 is 15.6. The number of thiazole rings is 1. The summed E-state index contributed by atoms with van der Waals surface area (Å²) in [5, 5.41) is 9.17. The van der Waals surface area contributed by atoms with Gasteiger partial charge in [0.1, 0.15) is 10.9 Å². The molecule has 52 heavy (non-hydrogen) atoms. The molecule has 6 aromatic rings. The Balaban J connectivity index is 1.19. The van der Waals surface area contributed by atoms with Crippen LogP contribution >= 0.6 is 46.3 Å². The van der Waals surface area contributed by atoms with E-state index in [9.17, 15) is 14.4 Å². The number of carbonyl (C=O) groups excluding carboxylic acids is 3. The number of rotatable bonds is 11. The number of aryl methyl sites for hydroxylation is 2. The van der Waals surface area contributed by atoms with Gasteiger partial charge in [0.15, 0.2) is 5.13 Å². The van der Waals surface area contributed by atoms with Gasteiger partial charge < -0.3 is 16.0 Å². The molecule has 0 bridgehead atoms. The number of thioether (sulfide) groups is 1. The molecule has 0 saturated heterocycles. The summed E-state index contributed by atoms with van der Waals surface area (Å²) in [6, 6.07) is 38.3. The van der Waals surface area contributed by atoms with E-state index in [0.29, 0.717) is 32.0 Å². The minimum atomic E-state index is -0.586. The number of amides is 3. The lowest BCUT2D eigenvalue weighted by molar-refractivity contribution is -0.116. The van der Waals surface area contributed by atoms with Gasteiger partial charge >= 0.3 is 0 Å². The van der Waals surface area contributed by atoms with Gasteiger partial charge in [-0.05, 0) is 74.0 Å². The molecule has 7 nitrogen and oxygen atoms in total. The van der Waals surface area contributed by atoms with Crippen molar-refractivity contribution < 1.29 is 14.4 Å². The molecule has 260 valence electrons. The molecule has 0 spiro atoms. The van der Waals surface area contributed by atoms with E-state index in [2.05, 4.69) is 16.0 Å². The highest BCUT2D eigenvalue weighted by Gasteiger charge is 2.24. The first-order chi connectivity index (χ1) is 25.1. The number of nitrogens with one attached hydrogen (secondary N) is 3. The van der Waals surface area contributed by atoms with Crippen molar-refractivity contribution in [1.29, 1.82) is 0 Å². The van der Waals surface area contributed by atoms with Crippen LogP contribution in [0.15, 0.2) is 138 Å². The van der Waals surface area contributed by atoms with Gasteiger partial charge in [-0.25, -0.2) is 4.98 Å². The first-order valence-electron chi connectivity index (χ1n) is 16.1. The highest BCUT2D eigenvalue weighted by molar-refractivity contribution is 8.00. The predicted octanol–water partition coefficient (Wildman–Crippen LogP) is 10.6. The zero-order valence-corrected chi connectivity index (χ0v) is 31.2. The molecular weight excluding hydrogens is 732 g/mol. The summed E-state index contributed by atoms with van der Waals surface area (Å²) in [6.07, 6.45) is 1.45. The number of anilines is 2. The van der Waals surface area contributed by atoms with Gasteiger partial charge in [0.05, 0.1) is 5.69 Å². The molecule has 0 aliphatic rings. The second-order valence-corrected chi connectivity index (χ2v) is 14.9. The van der Waals surface area contributed by atoms with Crippen LogP contribution in [0.2, 0.25) is 10.0 Å². The van der Waals surface area contributed by atoms with Crippen molar-refractivity contribution in [2.75, 3.05) is 10.6 Å². The van der Waals surface area contributed by atoms with Gasteiger partial charge in [-0.3, -0.25) is 14.4 Å². The van der Waals surface area contributed by atoms with Crippen LogP contribution in [-0.4, -0.2) is 22.7 Å². The van der Waals surface area contributed by atoms with E-state index < -0.39 is 17.1 Å². The lowest BCUT2D eigenvalue weighted by Crippen LogP contribution is -2.30.